The Balaban J connectivity index is 1.44. The molecule has 0 aliphatic carbocycles. The van der Waals surface area contributed by atoms with Crippen LogP contribution in [-0.2, 0) is 14.2 Å². The number of aliphatic hydroxyl groups excluding tert-OH is 1. The lowest BCUT2D eigenvalue weighted by molar-refractivity contribution is -0.309. The smallest absolute Gasteiger partial charge is 0.184 e. The number of hydrogen-bond donors (Lipinski definition) is 2. The van der Waals surface area contributed by atoms with Gasteiger partial charge in [-0.25, -0.2) is 9.67 Å². The lowest BCUT2D eigenvalue weighted by atomic mass is 9.92. The highest BCUT2D eigenvalue weighted by atomic mass is 79.9. The molecule has 2 aliphatic rings. The second-order valence-corrected chi connectivity index (χ2v) is 9.16. The molecular formula is C22H22BrClN4O4. The Morgan fingerprint density at radius 1 is 1.19 bits per heavy atom. The first kappa shape index (κ1) is 22.0. The van der Waals surface area contributed by atoms with E-state index in [0.29, 0.717) is 22.4 Å². The second kappa shape index (κ2) is 8.83. The Morgan fingerprint density at radius 3 is 2.75 bits per heavy atom. The van der Waals surface area contributed by atoms with Gasteiger partial charge < -0.3 is 25.1 Å². The van der Waals surface area contributed by atoms with Gasteiger partial charge in [-0.15, -0.1) is 0 Å². The summed E-state index contributed by atoms with van der Waals surface area (Å²) in [5, 5.41) is 16.1. The predicted molar refractivity (Wildman–Crippen MR) is 120 cm³/mol. The number of rotatable bonds is 3. The molecule has 0 saturated carbocycles. The van der Waals surface area contributed by atoms with Crippen LogP contribution < -0.4 is 5.73 Å². The van der Waals surface area contributed by atoms with Gasteiger partial charge in [0.25, 0.3) is 0 Å². The molecule has 2 aromatic carbocycles. The van der Waals surface area contributed by atoms with Crippen molar-refractivity contribution in [2.24, 2.45) is 5.73 Å². The Morgan fingerprint density at radius 2 is 1.97 bits per heavy atom. The van der Waals surface area contributed by atoms with Gasteiger partial charge in [0, 0.05) is 15.1 Å². The van der Waals surface area contributed by atoms with E-state index in [4.69, 9.17) is 31.5 Å². The van der Waals surface area contributed by atoms with E-state index in [1.165, 1.54) is 0 Å². The first-order valence-corrected chi connectivity index (χ1v) is 11.4. The molecule has 8 nitrogen and oxygen atoms in total. The molecule has 1 aromatic heterocycles. The fraction of sp³-hybridized carbons (Fsp3) is 0.364. The van der Waals surface area contributed by atoms with Gasteiger partial charge in [0.05, 0.1) is 18.3 Å². The van der Waals surface area contributed by atoms with Crippen molar-refractivity contribution in [3.63, 3.8) is 0 Å². The van der Waals surface area contributed by atoms with Crippen molar-refractivity contribution in [2.75, 3.05) is 6.61 Å². The third-order valence-electron chi connectivity index (χ3n) is 5.66. The summed E-state index contributed by atoms with van der Waals surface area (Å²) in [6.45, 7) is 2.04. The number of nitrogens with two attached hydrogens (primary N) is 1. The standard InChI is InChI=1S/C22H22BrClN4O4/c1-11-26-21(28(27-11)15-9-13(24)7-8-14(15)23)20-18(29)17(25)19-16(31-20)10-30-22(32-19)12-5-3-2-4-6-12/h2-9,16-20,22,29H,10,25H2,1H3. The van der Waals surface area contributed by atoms with Crippen molar-refractivity contribution in [3.05, 3.63) is 75.2 Å². The number of halogens is 2. The van der Waals surface area contributed by atoms with Crippen LogP contribution in [0.25, 0.3) is 5.69 Å². The topological polar surface area (TPSA) is 105 Å². The van der Waals surface area contributed by atoms with Crippen LogP contribution >= 0.6 is 27.5 Å². The van der Waals surface area contributed by atoms with Crippen LogP contribution in [0, 0.1) is 6.92 Å². The summed E-state index contributed by atoms with van der Waals surface area (Å²) in [7, 11) is 0. The normalized spacial score (nSPS) is 30.2. The van der Waals surface area contributed by atoms with Crippen LogP contribution in [0.2, 0.25) is 5.02 Å². The number of aromatic nitrogens is 3. The first-order chi connectivity index (χ1) is 15.4. The zero-order valence-electron chi connectivity index (χ0n) is 17.1. The van der Waals surface area contributed by atoms with Crippen molar-refractivity contribution < 1.29 is 19.3 Å². The number of benzene rings is 2. The van der Waals surface area contributed by atoms with Crippen molar-refractivity contribution >= 4 is 27.5 Å². The van der Waals surface area contributed by atoms with E-state index < -0.39 is 36.7 Å². The minimum Gasteiger partial charge on any atom is -0.388 e. The molecule has 0 spiro atoms. The monoisotopic (exact) mass is 520 g/mol. The average Bonchev–Trinajstić information content (AvgIpc) is 3.19. The second-order valence-electron chi connectivity index (χ2n) is 7.86. The summed E-state index contributed by atoms with van der Waals surface area (Å²) in [6, 6.07) is 14.3. The number of aliphatic hydroxyl groups is 1. The quantitative estimate of drug-likeness (QED) is 0.545. The number of fused-ring (bicyclic) bond motifs is 1. The molecule has 0 radical (unpaired) electrons. The fourth-order valence-electron chi connectivity index (χ4n) is 4.11. The molecule has 3 N–H and O–H groups in total. The van der Waals surface area contributed by atoms with Crippen molar-refractivity contribution in [3.8, 4) is 5.69 Å². The van der Waals surface area contributed by atoms with Gasteiger partial charge in [-0.05, 0) is 41.1 Å². The molecule has 168 valence electrons. The van der Waals surface area contributed by atoms with Crippen LogP contribution in [0.15, 0.2) is 53.0 Å². The van der Waals surface area contributed by atoms with E-state index in [2.05, 4.69) is 26.0 Å². The molecular weight excluding hydrogens is 500 g/mol. The highest BCUT2D eigenvalue weighted by molar-refractivity contribution is 9.10. The summed E-state index contributed by atoms with van der Waals surface area (Å²) in [5.74, 6) is 0.954. The highest BCUT2D eigenvalue weighted by Gasteiger charge is 2.49. The molecule has 0 bridgehead atoms. The molecule has 3 heterocycles. The van der Waals surface area contributed by atoms with E-state index in [-0.39, 0.29) is 6.61 Å². The van der Waals surface area contributed by atoms with E-state index >= 15 is 0 Å². The highest BCUT2D eigenvalue weighted by Crippen LogP contribution is 2.39. The van der Waals surface area contributed by atoms with Gasteiger partial charge in [0.2, 0.25) is 0 Å². The zero-order chi connectivity index (χ0) is 22.4. The molecule has 5 rings (SSSR count). The van der Waals surface area contributed by atoms with Crippen LogP contribution in [0.4, 0.5) is 0 Å². The largest absolute Gasteiger partial charge is 0.388 e. The number of hydrogen-bond acceptors (Lipinski definition) is 7. The third kappa shape index (κ3) is 3.99. The molecule has 10 heteroatoms. The third-order valence-corrected chi connectivity index (χ3v) is 6.57. The minimum atomic E-state index is -1.06. The molecule has 6 unspecified atom stereocenters. The number of ether oxygens (including phenoxy) is 3. The summed E-state index contributed by atoms with van der Waals surface area (Å²) >= 11 is 9.73. The molecule has 2 saturated heterocycles. The van der Waals surface area contributed by atoms with Crippen LogP contribution in [0.3, 0.4) is 0 Å². The first-order valence-electron chi connectivity index (χ1n) is 10.2. The predicted octanol–water partition coefficient (Wildman–Crippen LogP) is 3.23. The summed E-state index contributed by atoms with van der Waals surface area (Å²) in [5.41, 5.74) is 8.02. The van der Waals surface area contributed by atoms with Gasteiger partial charge in [0.15, 0.2) is 12.1 Å². The molecule has 2 fully saturated rings. The van der Waals surface area contributed by atoms with Crippen molar-refractivity contribution in [1.29, 1.82) is 0 Å². The SMILES string of the molecule is Cc1nc(C2OC3COC(c4ccccc4)OC3C(N)C2O)n(-c2cc(Cl)ccc2Br)n1. The van der Waals surface area contributed by atoms with Gasteiger partial charge in [0.1, 0.15) is 30.2 Å². The van der Waals surface area contributed by atoms with Gasteiger partial charge in [-0.2, -0.15) is 5.10 Å². The fourth-order valence-corrected chi connectivity index (χ4v) is 4.69. The maximum absolute atomic E-state index is 11.1. The molecule has 2 aliphatic heterocycles. The van der Waals surface area contributed by atoms with Crippen molar-refractivity contribution in [2.45, 2.75) is 43.7 Å². The maximum atomic E-state index is 11.1. The average molecular weight is 522 g/mol. The van der Waals surface area contributed by atoms with Crippen LogP contribution in [0.1, 0.15) is 29.6 Å². The minimum absolute atomic E-state index is 0.273. The Labute approximate surface area is 198 Å². The van der Waals surface area contributed by atoms with Crippen LogP contribution in [0.5, 0.6) is 0 Å². The Hall–Kier alpha value is -1.85. The van der Waals surface area contributed by atoms with E-state index in [9.17, 15) is 5.11 Å². The maximum Gasteiger partial charge on any atom is 0.184 e. The van der Waals surface area contributed by atoms with Gasteiger partial charge >= 0.3 is 0 Å². The molecule has 32 heavy (non-hydrogen) atoms. The van der Waals surface area contributed by atoms with E-state index in [0.717, 1.165) is 10.0 Å². The number of nitrogens with zero attached hydrogens (tertiary/aromatic N) is 3. The molecule has 3 aromatic rings. The van der Waals surface area contributed by atoms with E-state index in [1.807, 2.05) is 36.4 Å². The summed E-state index contributed by atoms with van der Waals surface area (Å²) in [4.78, 5) is 4.53. The van der Waals surface area contributed by atoms with Gasteiger partial charge in [-0.1, -0.05) is 41.9 Å². The number of aryl methyl sites for hydroxylation is 1. The summed E-state index contributed by atoms with van der Waals surface area (Å²) in [6.07, 6.45) is -3.45. The lowest BCUT2D eigenvalue weighted by Gasteiger charge is -2.46. The molecule has 6 atom stereocenters. The van der Waals surface area contributed by atoms with E-state index in [1.54, 1.807) is 23.7 Å². The zero-order valence-corrected chi connectivity index (χ0v) is 19.5. The molecule has 0 amide bonds. The Kier molecular flexibility index (Phi) is 6.06. The van der Waals surface area contributed by atoms with Gasteiger partial charge in [-0.3, -0.25) is 0 Å². The van der Waals surface area contributed by atoms with Crippen molar-refractivity contribution in [1.82, 2.24) is 14.8 Å². The Bertz CT molecular complexity index is 1110. The summed E-state index contributed by atoms with van der Waals surface area (Å²) < 4.78 is 20.6. The van der Waals surface area contributed by atoms with Crippen LogP contribution in [-0.4, -0.2) is 50.8 Å². The lowest BCUT2D eigenvalue weighted by Crippen LogP contribution is -2.62.